The largest absolute Gasteiger partial charge is 0.456 e. The first-order valence-corrected chi connectivity index (χ1v) is 15.6. The maximum Gasteiger partial charge on any atom is 0.136 e. The molecule has 45 heavy (non-hydrogen) atoms. The van der Waals surface area contributed by atoms with Gasteiger partial charge in [0.2, 0.25) is 0 Å². The zero-order valence-electron chi connectivity index (χ0n) is 24.5. The van der Waals surface area contributed by atoms with Gasteiger partial charge in [0.15, 0.2) is 0 Å². The monoisotopic (exact) mass is 576 g/mol. The predicted octanol–water partition coefficient (Wildman–Crippen LogP) is 11.1. The van der Waals surface area contributed by atoms with E-state index >= 15 is 0 Å². The summed E-state index contributed by atoms with van der Waals surface area (Å²) in [6.07, 6.45) is 9.05. The molecule has 2 aliphatic rings. The summed E-state index contributed by atoms with van der Waals surface area (Å²) in [5.41, 5.74) is 11.6. The fourth-order valence-electron chi connectivity index (χ4n) is 7.77. The van der Waals surface area contributed by atoms with Crippen LogP contribution in [0.25, 0.3) is 60.6 Å². The second-order valence-electron chi connectivity index (χ2n) is 12.1. The lowest BCUT2D eigenvalue weighted by atomic mass is 9.91. The van der Waals surface area contributed by atoms with Crippen molar-refractivity contribution in [1.29, 1.82) is 0 Å². The van der Waals surface area contributed by atoms with E-state index in [0.717, 1.165) is 33.2 Å². The predicted molar refractivity (Wildman–Crippen MR) is 187 cm³/mol. The Bertz CT molecular complexity index is 2510. The average molecular weight is 577 g/mol. The number of hydrogen-bond acceptors (Lipinski definition) is 2. The summed E-state index contributed by atoms with van der Waals surface area (Å²) in [6.45, 7) is 0. The topological polar surface area (TPSA) is 21.3 Å². The van der Waals surface area contributed by atoms with Crippen LogP contribution in [-0.4, -0.2) is 10.6 Å². The van der Waals surface area contributed by atoms with Crippen LogP contribution in [0, 0.1) is 0 Å². The molecule has 2 unspecified atom stereocenters. The third-order valence-electron chi connectivity index (χ3n) is 9.71. The Balaban J connectivity index is 1.23. The van der Waals surface area contributed by atoms with E-state index in [1.54, 1.807) is 0 Å². The van der Waals surface area contributed by atoms with Crippen molar-refractivity contribution in [2.45, 2.75) is 12.0 Å². The number of fused-ring (bicyclic) bond motifs is 9. The van der Waals surface area contributed by atoms with E-state index in [9.17, 15) is 0 Å². The molecular weight excluding hydrogens is 548 g/mol. The number of para-hydroxylation sites is 4. The molecule has 0 spiro atoms. The van der Waals surface area contributed by atoms with Crippen molar-refractivity contribution in [2.24, 2.45) is 0 Å². The van der Waals surface area contributed by atoms with Gasteiger partial charge in [0.1, 0.15) is 11.2 Å². The highest BCUT2D eigenvalue weighted by molar-refractivity contribution is 6.15. The van der Waals surface area contributed by atoms with Crippen LogP contribution in [0.1, 0.15) is 11.5 Å². The highest BCUT2D eigenvalue weighted by Gasteiger charge is 2.37. The SMILES string of the molecule is C1=CC2c3ccccc3N(c3ccc4c(c3)c3cccc(-c5ccc6c(c5)oc5ccccc56)c3n4-c3ccccc3)C2C=C1. The second kappa shape index (κ2) is 9.35. The van der Waals surface area contributed by atoms with Crippen LogP contribution in [0.5, 0.6) is 0 Å². The zero-order chi connectivity index (χ0) is 29.5. The number of furan rings is 1. The smallest absolute Gasteiger partial charge is 0.136 e. The number of rotatable bonds is 3. The quantitative estimate of drug-likeness (QED) is 0.209. The van der Waals surface area contributed by atoms with Gasteiger partial charge >= 0.3 is 0 Å². The van der Waals surface area contributed by atoms with Crippen LogP contribution in [-0.2, 0) is 0 Å². The van der Waals surface area contributed by atoms with Gasteiger partial charge in [0.05, 0.1) is 17.1 Å². The normalized spacial score (nSPS) is 17.1. The molecule has 2 aromatic heterocycles. The Morgan fingerprint density at radius 3 is 2.29 bits per heavy atom. The van der Waals surface area contributed by atoms with Crippen LogP contribution in [0.3, 0.4) is 0 Å². The van der Waals surface area contributed by atoms with E-state index < -0.39 is 0 Å². The number of nitrogens with zero attached hydrogens (tertiary/aromatic N) is 2. The standard InChI is InChI=1S/C42H28N2O/c1-2-11-28(12-3-1)44-39-24-22-29(43-37-18-7-4-13-31(37)32-14-5-8-19-38(32)43)26-36(39)35-17-10-16-30(42(35)44)27-21-23-34-33-15-6-9-20-40(33)45-41(34)25-27/h1-26,31,37H. The molecule has 1 aliphatic carbocycles. The average Bonchev–Trinajstić information content (AvgIpc) is 3.76. The Hall–Kier alpha value is -5.80. The van der Waals surface area contributed by atoms with Crippen molar-refractivity contribution in [3.05, 3.63) is 163 Å². The number of hydrogen-bond donors (Lipinski definition) is 0. The summed E-state index contributed by atoms with van der Waals surface area (Å²) in [5.74, 6) is 0.354. The van der Waals surface area contributed by atoms with Crippen molar-refractivity contribution in [3.63, 3.8) is 0 Å². The number of benzene rings is 6. The second-order valence-corrected chi connectivity index (χ2v) is 12.1. The van der Waals surface area contributed by atoms with Crippen molar-refractivity contribution in [3.8, 4) is 16.8 Å². The summed E-state index contributed by atoms with van der Waals surface area (Å²) in [6, 6.07) is 48.5. The van der Waals surface area contributed by atoms with Gasteiger partial charge in [0, 0.05) is 50.1 Å². The van der Waals surface area contributed by atoms with Crippen LogP contribution >= 0.6 is 0 Å². The minimum Gasteiger partial charge on any atom is -0.456 e. The molecular formula is C42H28N2O. The molecule has 8 aromatic rings. The Labute approximate surface area is 260 Å². The molecule has 3 heteroatoms. The van der Waals surface area contributed by atoms with Crippen molar-refractivity contribution < 1.29 is 4.42 Å². The zero-order valence-corrected chi connectivity index (χ0v) is 24.5. The molecule has 3 heterocycles. The van der Waals surface area contributed by atoms with E-state index in [-0.39, 0.29) is 6.04 Å². The first-order chi connectivity index (χ1) is 22.3. The molecule has 3 nitrogen and oxygen atoms in total. The molecule has 0 saturated carbocycles. The van der Waals surface area contributed by atoms with Gasteiger partial charge in [0.25, 0.3) is 0 Å². The molecule has 10 rings (SSSR count). The van der Waals surface area contributed by atoms with Crippen LogP contribution in [0.15, 0.2) is 162 Å². The molecule has 0 radical (unpaired) electrons. The summed E-state index contributed by atoms with van der Waals surface area (Å²) in [7, 11) is 0. The third-order valence-corrected chi connectivity index (χ3v) is 9.71. The van der Waals surface area contributed by atoms with Crippen LogP contribution in [0.4, 0.5) is 11.4 Å². The van der Waals surface area contributed by atoms with Crippen molar-refractivity contribution in [1.82, 2.24) is 4.57 Å². The molecule has 6 aromatic carbocycles. The molecule has 0 saturated heterocycles. The molecule has 0 bridgehead atoms. The first kappa shape index (κ1) is 24.6. The Morgan fingerprint density at radius 1 is 0.533 bits per heavy atom. The molecule has 212 valence electrons. The van der Waals surface area contributed by atoms with Crippen molar-refractivity contribution >= 4 is 55.1 Å². The number of aromatic nitrogens is 1. The van der Waals surface area contributed by atoms with Gasteiger partial charge in [-0.25, -0.2) is 0 Å². The molecule has 0 fully saturated rings. The van der Waals surface area contributed by atoms with E-state index in [4.69, 9.17) is 4.42 Å². The molecule has 0 amide bonds. The third kappa shape index (κ3) is 3.52. The van der Waals surface area contributed by atoms with Gasteiger partial charge in [-0.1, -0.05) is 103 Å². The van der Waals surface area contributed by atoms with Gasteiger partial charge in [-0.15, -0.1) is 0 Å². The highest BCUT2D eigenvalue weighted by atomic mass is 16.3. The number of anilines is 2. The maximum atomic E-state index is 6.32. The number of allylic oxidation sites excluding steroid dienone is 2. The minimum atomic E-state index is 0.262. The van der Waals surface area contributed by atoms with E-state index in [2.05, 4.69) is 155 Å². The summed E-state index contributed by atoms with van der Waals surface area (Å²) >= 11 is 0. The lowest BCUT2D eigenvalue weighted by molar-refractivity contribution is 0.669. The summed E-state index contributed by atoms with van der Waals surface area (Å²) in [5, 5.41) is 4.78. The Kier molecular flexibility index (Phi) is 5.11. The van der Waals surface area contributed by atoms with E-state index in [1.807, 2.05) is 12.1 Å². The van der Waals surface area contributed by atoms with Gasteiger partial charge in [-0.2, -0.15) is 0 Å². The fraction of sp³-hybridized carbons (Fsp3) is 0.0476. The Morgan fingerprint density at radius 2 is 1.33 bits per heavy atom. The van der Waals surface area contributed by atoms with Gasteiger partial charge < -0.3 is 13.9 Å². The summed E-state index contributed by atoms with van der Waals surface area (Å²) < 4.78 is 8.75. The van der Waals surface area contributed by atoms with Crippen LogP contribution in [0.2, 0.25) is 0 Å². The van der Waals surface area contributed by atoms with E-state index in [0.29, 0.717) is 5.92 Å². The van der Waals surface area contributed by atoms with Crippen LogP contribution < -0.4 is 4.90 Å². The van der Waals surface area contributed by atoms with Crippen molar-refractivity contribution in [2.75, 3.05) is 4.90 Å². The highest BCUT2D eigenvalue weighted by Crippen LogP contribution is 2.49. The summed E-state index contributed by atoms with van der Waals surface area (Å²) in [4.78, 5) is 2.52. The molecule has 1 aliphatic heterocycles. The maximum absolute atomic E-state index is 6.32. The lowest BCUT2D eigenvalue weighted by Crippen LogP contribution is -2.28. The van der Waals surface area contributed by atoms with Gasteiger partial charge in [-0.3, -0.25) is 0 Å². The lowest BCUT2D eigenvalue weighted by Gasteiger charge is -2.28. The molecule has 2 atom stereocenters. The van der Waals surface area contributed by atoms with Gasteiger partial charge in [-0.05, 0) is 65.7 Å². The molecule has 0 N–H and O–H groups in total. The van der Waals surface area contributed by atoms with E-state index in [1.165, 1.54) is 44.3 Å². The fourth-order valence-corrected chi connectivity index (χ4v) is 7.77. The first-order valence-electron chi connectivity index (χ1n) is 15.6. The minimum absolute atomic E-state index is 0.262.